The van der Waals surface area contributed by atoms with Crippen LogP contribution in [0.1, 0.15) is 0 Å². The molecule has 1 amide bonds. The molecule has 0 atom stereocenters. The number of nitrogens with one attached hydrogen (secondary N) is 1. The molecular formula is C20H14Cl2N4O3S. The van der Waals surface area contributed by atoms with Crippen LogP contribution in [0.4, 0.5) is 5.82 Å². The normalized spacial score (nSPS) is 11.5. The summed E-state index contributed by atoms with van der Waals surface area (Å²) >= 11 is 11.7. The fourth-order valence-electron chi connectivity index (χ4n) is 3.04. The van der Waals surface area contributed by atoms with Gasteiger partial charge >= 0.3 is 0 Å². The minimum absolute atomic E-state index is 0.132. The first-order valence-corrected chi connectivity index (χ1v) is 11.1. The van der Waals surface area contributed by atoms with Gasteiger partial charge in [0.05, 0.1) is 4.90 Å². The van der Waals surface area contributed by atoms with Crippen LogP contribution >= 0.6 is 23.2 Å². The Balaban J connectivity index is 1.92. The first kappa shape index (κ1) is 20.3. The highest BCUT2D eigenvalue weighted by Crippen LogP contribution is 2.34. The summed E-state index contributed by atoms with van der Waals surface area (Å²) in [6.07, 6.45) is 3.01. The van der Waals surface area contributed by atoms with Crippen molar-refractivity contribution in [1.82, 2.24) is 13.9 Å². The van der Waals surface area contributed by atoms with E-state index in [0.29, 0.717) is 16.5 Å². The summed E-state index contributed by atoms with van der Waals surface area (Å²) < 4.78 is 27.6. The molecule has 152 valence electrons. The number of alkyl halides is 1. The van der Waals surface area contributed by atoms with Gasteiger partial charge in [0.15, 0.2) is 5.65 Å². The van der Waals surface area contributed by atoms with E-state index in [1.807, 2.05) is 0 Å². The zero-order valence-corrected chi connectivity index (χ0v) is 17.6. The zero-order chi connectivity index (χ0) is 21.3. The Kier molecular flexibility index (Phi) is 5.46. The second kappa shape index (κ2) is 8.06. The van der Waals surface area contributed by atoms with E-state index in [-0.39, 0.29) is 27.4 Å². The Morgan fingerprint density at radius 1 is 1.10 bits per heavy atom. The first-order valence-electron chi connectivity index (χ1n) is 8.70. The lowest BCUT2D eigenvalue weighted by atomic mass is 10.1. The lowest BCUT2D eigenvalue weighted by Gasteiger charge is -2.07. The molecule has 30 heavy (non-hydrogen) atoms. The molecule has 1 aromatic carbocycles. The number of benzene rings is 1. The molecule has 0 bridgehead atoms. The van der Waals surface area contributed by atoms with Crippen molar-refractivity contribution in [2.75, 3.05) is 11.2 Å². The number of hydrogen-bond acceptors (Lipinski definition) is 5. The van der Waals surface area contributed by atoms with Gasteiger partial charge in [-0.15, -0.1) is 11.6 Å². The van der Waals surface area contributed by atoms with E-state index in [4.69, 9.17) is 23.2 Å². The molecule has 0 aliphatic heterocycles. The van der Waals surface area contributed by atoms with Gasteiger partial charge in [0, 0.05) is 23.3 Å². The first-order chi connectivity index (χ1) is 14.4. The van der Waals surface area contributed by atoms with Gasteiger partial charge < -0.3 is 5.32 Å². The third-order valence-electron chi connectivity index (χ3n) is 4.33. The molecule has 1 N–H and O–H groups in total. The number of anilines is 1. The second-order valence-electron chi connectivity index (χ2n) is 6.28. The smallest absolute Gasteiger partial charge is 0.269 e. The average molecular weight is 461 g/mol. The van der Waals surface area contributed by atoms with Crippen LogP contribution in [-0.4, -0.2) is 34.1 Å². The number of rotatable bonds is 5. The van der Waals surface area contributed by atoms with Crippen molar-refractivity contribution in [3.05, 3.63) is 72.1 Å². The standard InChI is InChI=1S/C20H14Cl2N4O3S/c21-11-19(27)25-18-10-13(9-17(22)24-18)16-12-26(20-15(16)7-4-8-23-20)30(28,29)14-5-2-1-3-6-14/h1-10,12H,11H2,(H,24,25,27). The molecule has 0 saturated heterocycles. The highest BCUT2D eigenvalue weighted by molar-refractivity contribution is 7.90. The summed E-state index contributed by atoms with van der Waals surface area (Å²) in [6.45, 7) is 0. The number of aromatic nitrogens is 3. The zero-order valence-electron chi connectivity index (χ0n) is 15.3. The fraction of sp³-hybridized carbons (Fsp3) is 0.0500. The van der Waals surface area contributed by atoms with Crippen LogP contribution in [0, 0.1) is 0 Å². The molecular weight excluding hydrogens is 447 g/mol. The summed E-state index contributed by atoms with van der Waals surface area (Å²) in [6, 6.07) is 14.7. The summed E-state index contributed by atoms with van der Waals surface area (Å²) in [4.78, 5) is 20.1. The largest absolute Gasteiger partial charge is 0.310 e. The van der Waals surface area contributed by atoms with Gasteiger partial charge in [-0.2, -0.15) is 0 Å². The minimum Gasteiger partial charge on any atom is -0.310 e. The summed E-state index contributed by atoms with van der Waals surface area (Å²) in [5.41, 5.74) is 1.42. The summed E-state index contributed by atoms with van der Waals surface area (Å²) in [7, 11) is -3.88. The summed E-state index contributed by atoms with van der Waals surface area (Å²) in [5, 5.41) is 3.28. The lowest BCUT2D eigenvalue weighted by Crippen LogP contribution is -2.13. The van der Waals surface area contributed by atoms with Crippen molar-refractivity contribution in [3.8, 4) is 11.1 Å². The second-order valence-corrected chi connectivity index (χ2v) is 8.75. The Labute approximate surface area is 182 Å². The molecule has 0 saturated carbocycles. The van der Waals surface area contributed by atoms with Crippen LogP contribution in [0.25, 0.3) is 22.2 Å². The highest BCUT2D eigenvalue weighted by Gasteiger charge is 2.23. The van der Waals surface area contributed by atoms with E-state index in [1.54, 1.807) is 42.5 Å². The molecule has 4 rings (SSSR count). The maximum absolute atomic E-state index is 13.2. The van der Waals surface area contributed by atoms with E-state index in [2.05, 4.69) is 15.3 Å². The maximum atomic E-state index is 13.2. The van der Waals surface area contributed by atoms with Crippen molar-refractivity contribution in [2.24, 2.45) is 0 Å². The number of halogens is 2. The van der Waals surface area contributed by atoms with Crippen LogP contribution < -0.4 is 5.32 Å². The maximum Gasteiger partial charge on any atom is 0.269 e. The third-order valence-corrected chi connectivity index (χ3v) is 6.43. The Hall–Kier alpha value is -2.94. The molecule has 0 spiro atoms. The quantitative estimate of drug-likeness (QED) is 0.356. The number of carbonyl (C=O) groups excluding carboxylic acids is 1. The average Bonchev–Trinajstić information content (AvgIpc) is 3.14. The number of pyridine rings is 2. The monoisotopic (exact) mass is 460 g/mol. The molecule has 7 nitrogen and oxygen atoms in total. The molecule has 0 radical (unpaired) electrons. The number of amides is 1. The van der Waals surface area contributed by atoms with Crippen LogP contribution in [-0.2, 0) is 14.8 Å². The van der Waals surface area contributed by atoms with Crippen LogP contribution in [0.3, 0.4) is 0 Å². The van der Waals surface area contributed by atoms with Crippen LogP contribution in [0.15, 0.2) is 71.9 Å². The Bertz CT molecular complexity index is 1360. The van der Waals surface area contributed by atoms with E-state index in [0.717, 1.165) is 3.97 Å². The molecule has 0 aliphatic carbocycles. The molecule has 0 unspecified atom stereocenters. The topological polar surface area (TPSA) is 94.0 Å². The van der Waals surface area contributed by atoms with Crippen molar-refractivity contribution < 1.29 is 13.2 Å². The fourth-order valence-corrected chi connectivity index (χ4v) is 4.66. The van der Waals surface area contributed by atoms with E-state index < -0.39 is 15.9 Å². The number of fused-ring (bicyclic) bond motifs is 1. The van der Waals surface area contributed by atoms with Gasteiger partial charge in [0.25, 0.3) is 10.0 Å². The minimum atomic E-state index is -3.88. The molecule has 0 aliphatic rings. The predicted octanol–water partition coefficient (Wildman–Crippen LogP) is 4.17. The molecule has 4 aromatic rings. The SMILES string of the molecule is O=C(CCl)Nc1cc(-c2cn(S(=O)(=O)c3ccccc3)c3ncccc23)cc(Cl)n1. The molecule has 3 aromatic heterocycles. The molecule has 3 heterocycles. The number of carbonyl (C=O) groups is 1. The Morgan fingerprint density at radius 2 is 1.87 bits per heavy atom. The van der Waals surface area contributed by atoms with Crippen molar-refractivity contribution >= 4 is 56.0 Å². The molecule has 10 heteroatoms. The molecule has 0 fully saturated rings. The lowest BCUT2D eigenvalue weighted by molar-refractivity contribution is -0.113. The van der Waals surface area contributed by atoms with Gasteiger partial charge in [-0.1, -0.05) is 29.8 Å². The van der Waals surface area contributed by atoms with E-state index in [1.165, 1.54) is 24.5 Å². The Morgan fingerprint density at radius 3 is 2.60 bits per heavy atom. The van der Waals surface area contributed by atoms with Crippen molar-refractivity contribution in [3.63, 3.8) is 0 Å². The van der Waals surface area contributed by atoms with Gasteiger partial charge in [0.2, 0.25) is 5.91 Å². The van der Waals surface area contributed by atoms with Crippen molar-refractivity contribution in [1.29, 1.82) is 0 Å². The number of hydrogen-bond donors (Lipinski definition) is 1. The van der Waals surface area contributed by atoms with Gasteiger partial charge in [-0.3, -0.25) is 4.79 Å². The highest BCUT2D eigenvalue weighted by atomic mass is 35.5. The van der Waals surface area contributed by atoms with Gasteiger partial charge in [-0.05, 0) is 42.0 Å². The summed E-state index contributed by atoms with van der Waals surface area (Å²) in [5.74, 6) is -0.464. The van der Waals surface area contributed by atoms with Gasteiger partial charge in [-0.25, -0.2) is 22.4 Å². The third kappa shape index (κ3) is 3.77. The van der Waals surface area contributed by atoms with E-state index in [9.17, 15) is 13.2 Å². The van der Waals surface area contributed by atoms with E-state index >= 15 is 0 Å². The number of nitrogens with zero attached hydrogens (tertiary/aromatic N) is 3. The van der Waals surface area contributed by atoms with Gasteiger partial charge in [0.1, 0.15) is 16.9 Å². The van der Waals surface area contributed by atoms with Crippen LogP contribution in [0.5, 0.6) is 0 Å². The predicted molar refractivity (Wildman–Crippen MR) is 116 cm³/mol. The van der Waals surface area contributed by atoms with Crippen LogP contribution in [0.2, 0.25) is 5.15 Å². The van der Waals surface area contributed by atoms with Crippen molar-refractivity contribution in [2.45, 2.75) is 4.90 Å².